The number of imidazole rings is 1. The summed E-state index contributed by atoms with van der Waals surface area (Å²) in [6.07, 6.45) is 5.81. The number of aromatic nitrogens is 2. The summed E-state index contributed by atoms with van der Waals surface area (Å²) in [6.45, 7) is 0.390. The van der Waals surface area contributed by atoms with Gasteiger partial charge in [0.2, 0.25) is 0 Å². The second-order valence-electron chi connectivity index (χ2n) is 4.12. The molecule has 0 fully saturated rings. The van der Waals surface area contributed by atoms with Crippen LogP contribution in [-0.4, -0.2) is 26.5 Å². The molecule has 2 aromatic heterocycles. The Morgan fingerprint density at radius 2 is 2.35 bits per heavy atom. The maximum Gasteiger partial charge on any atom is 0.328 e. The fourth-order valence-electron chi connectivity index (χ4n) is 1.53. The van der Waals surface area contributed by atoms with Crippen LogP contribution in [0.2, 0.25) is 0 Å². The van der Waals surface area contributed by atoms with Gasteiger partial charge in [-0.05, 0) is 23.1 Å². The summed E-state index contributed by atoms with van der Waals surface area (Å²) >= 11 is 1.46. The van der Waals surface area contributed by atoms with E-state index in [4.69, 9.17) is 5.11 Å². The molecule has 0 aliphatic heterocycles. The molecule has 104 valence electrons. The predicted octanol–water partition coefficient (Wildman–Crippen LogP) is 1.51. The van der Waals surface area contributed by atoms with Crippen LogP contribution in [0.3, 0.4) is 0 Å². The molecule has 0 aromatic carbocycles. The topological polar surface area (TPSA) is 84.2 Å². The van der Waals surface area contributed by atoms with Crippen LogP contribution < -0.4 is 5.32 Å². The van der Waals surface area contributed by atoms with Crippen molar-refractivity contribution in [1.82, 2.24) is 14.9 Å². The van der Waals surface area contributed by atoms with Crippen LogP contribution in [0.15, 0.2) is 30.0 Å². The number of hydrogen-bond donors (Lipinski definition) is 2. The first-order valence-electron chi connectivity index (χ1n) is 5.79. The number of amides is 1. The second kappa shape index (κ2) is 6.16. The Balaban J connectivity index is 1.91. The second-order valence-corrected chi connectivity index (χ2v) is 5.12. The van der Waals surface area contributed by atoms with Crippen molar-refractivity contribution in [2.75, 3.05) is 0 Å². The fourth-order valence-corrected chi connectivity index (χ4v) is 2.33. The fraction of sp³-hybridized carbons (Fsp3) is 0.154. The monoisotopic (exact) mass is 291 g/mol. The van der Waals surface area contributed by atoms with Gasteiger partial charge in [0.1, 0.15) is 5.69 Å². The molecule has 6 nitrogen and oxygen atoms in total. The largest absolute Gasteiger partial charge is 0.478 e. The maximum atomic E-state index is 11.8. The summed E-state index contributed by atoms with van der Waals surface area (Å²) in [7, 11) is 1.80. The van der Waals surface area contributed by atoms with E-state index in [0.717, 1.165) is 16.5 Å². The molecule has 2 N–H and O–H groups in total. The lowest BCUT2D eigenvalue weighted by Gasteiger charge is -2.00. The van der Waals surface area contributed by atoms with Crippen LogP contribution in [0.1, 0.15) is 20.9 Å². The van der Waals surface area contributed by atoms with Gasteiger partial charge in [-0.3, -0.25) is 4.79 Å². The smallest absolute Gasteiger partial charge is 0.328 e. The van der Waals surface area contributed by atoms with Crippen LogP contribution in [0.5, 0.6) is 0 Å². The molecule has 0 bridgehead atoms. The number of carboxylic acid groups (broad SMARTS) is 1. The third-order valence-electron chi connectivity index (χ3n) is 2.45. The molecule has 0 atom stereocenters. The molecule has 0 saturated carbocycles. The molecule has 2 rings (SSSR count). The van der Waals surface area contributed by atoms with E-state index in [-0.39, 0.29) is 5.91 Å². The first-order valence-corrected chi connectivity index (χ1v) is 6.67. The number of aryl methyl sites for hydroxylation is 1. The van der Waals surface area contributed by atoms with E-state index in [2.05, 4.69) is 10.3 Å². The Bertz CT molecular complexity index is 657. The normalized spacial score (nSPS) is 10.8. The number of carboxylic acids is 1. The van der Waals surface area contributed by atoms with Gasteiger partial charge in [0.05, 0.1) is 12.9 Å². The molecule has 0 saturated heterocycles. The van der Waals surface area contributed by atoms with Crippen molar-refractivity contribution in [2.24, 2.45) is 7.05 Å². The van der Waals surface area contributed by atoms with Gasteiger partial charge in [-0.25, -0.2) is 9.78 Å². The average Bonchev–Trinajstić information content (AvgIpc) is 3.02. The van der Waals surface area contributed by atoms with Crippen molar-refractivity contribution in [1.29, 1.82) is 0 Å². The van der Waals surface area contributed by atoms with Crippen molar-refractivity contribution in [2.45, 2.75) is 6.54 Å². The first-order chi connectivity index (χ1) is 9.54. The summed E-state index contributed by atoms with van der Waals surface area (Å²) < 4.78 is 1.70. The molecule has 7 heteroatoms. The summed E-state index contributed by atoms with van der Waals surface area (Å²) in [5.41, 5.74) is 1.18. The van der Waals surface area contributed by atoms with Gasteiger partial charge in [-0.1, -0.05) is 0 Å². The van der Waals surface area contributed by atoms with Gasteiger partial charge >= 0.3 is 5.97 Å². The van der Waals surface area contributed by atoms with Crippen LogP contribution in [-0.2, 0) is 18.4 Å². The molecule has 0 aliphatic carbocycles. The molecule has 2 heterocycles. The summed E-state index contributed by atoms with van der Waals surface area (Å²) in [4.78, 5) is 27.1. The lowest BCUT2D eigenvalue weighted by Crippen LogP contribution is -2.22. The van der Waals surface area contributed by atoms with Gasteiger partial charge < -0.3 is 15.0 Å². The molecule has 0 spiro atoms. The zero-order chi connectivity index (χ0) is 14.5. The van der Waals surface area contributed by atoms with Gasteiger partial charge in [0.15, 0.2) is 0 Å². The van der Waals surface area contributed by atoms with Crippen LogP contribution >= 0.6 is 11.3 Å². The highest BCUT2D eigenvalue weighted by molar-refractivity contribution is 7.10. The van der Waals surface area contributed by atoms with Crippen LogP contribution in [0, 0.1) is 0 Å². The number of nitrogens with zero attached hydrogens (tertiary/aromatic N) is 2. The highest BCUT2D eigenvalue weighted by atomic mass is 32.1. The number of carbonyl (C=O) groups is 2. The van der Waals surface area contributed by atoms with Gasteiger partial charge in [0, 0.05) is 24.2 Å². The molecule has 0 aliphatic rings. The van der Waals surface area contributed by atoms with E-state index in [9.17, 15) is 9.59 Å². The van der Waals surface area contributed by atoms with Gasteiger partial charge in [-0.2, -0.15) is 0 Å². The lowest BCUT2D eigenvalue weighted by atomic mass is 10.3. The average molecular weight is 291 g/mol. The quantitative estimate of drug-likeness (QED) is 0.818. The molecular weight excluding hydrogens is 278 g/mol. The van der Waals surface area contributed by atoms with E-state index in [1.807, 2.05) is 11.4 Å². The van der Waals surface area contributed by atoms with Crippen molar-refractivity contribution in [3.05, 3.63) is 46.2 Å². The van der Waals surface area contributed by atoms with E-state index in [0.29, 0.717) is 12.2 Å². The third kappa shape index (κ3) is 3.79. The Kier molecular flexibility index (Phi) is 4.31. The van der Waals surface area contributed by atoms with Crippen molar-refractivity contribution in [3.8, 4) is 0 Å². The summed E-state index contributed by atoms with van der Waals surface area (Å²) in [5.74, 6) is -1.22. The minimum absolute atomic E-state index is 0.235. The van der Waals surface area contributed by atoms with Gasteiger partial charge in [0.25, 0.3) is 5.91 Å². The van der Waals surface area contributed by atoms with E-state index in [1.54, 1.807) is 24.1 Å². The minimum atomic E-state index is -0.985. The number of hydrogen-bond acceptors (Lipinski definition) is 4. The maximum absolute atomic E-state index is 11.8. The van der Waals surface area contributed by atoms with Crippen molar-refractivity contribution < 1.29 is 14.7 Å². The number of thiophene rings is 1. The lowest BCUT2D eigenvalue weighted by molar-refractivity contribution is -0.131. The summed E-state index contributed by atoms with van der Waals surface area (Å²) in [6, 6.07) is 1.84. The number of rotatable bonds is 5. The van der Waals surface area contributed by atoms with Crippen molar-refractivity contribution >= 4 is 29.3 Å². The van der Waals surface area contributed by atoms with Crippen LogP contribution in [0.25, 0.3) is 6.08 Å². The highest BCUT2D eigenvalue weighted by Crippen LogP contribution is 2.16. The number of nitrogens with one attached hydrogen (secondary N) is 1. The molecule has 2 aromatic rings. The van der Waals surface area contributed by atoms with E-state index < -0.39 is 5.97 Å². The Morgan fingerprint density at radius 1 is 1.55 bits per heavy atom. The Hall–Kier alpha value is -2.41. The number of aliphatic carboxylic acids is 1. The van der Waals surface area contributed by atoms with E-state index >= 15 is 0 Å². The predicted molar refractivity (Wildman–Crippen MR) is 75.4 cm³/mol. The molecular formula is C13H13N3O3S. The first kappa shape index (κ1) is 14.0. The Labute approximate surface area is 119 Å². The third-order valence-corrected chi connectivity index (χ3v) is 3.41. The van der Waals surface area contributed by atoms with Gasteiger partial charge in [-0.15, -0.1) is 11.3 Å². The zero-order valence-electron chi connectivity index (χ0n) is 10.7. The molecule has 0 radical (unpaired) electrons. The van der Waals surface area contributed by atoms with E-state index in [1.165, 1.54) is 17.4 Å². The minimum Gasteiger partial charge on any atom is -0.478 e. The highest BCUT2D eigenvalue weighted by Gasteiger charge is 2.08. The zero-order valence-corrected chi connectivity index (χ0v) is 11.6. The van der Waals surface area contributed by atoms with Crippen molar-refractivity contribution in [3.63, 3.8) is 0 Å². The number of carbonyl (C=O) groups excluding carboxylic acids is 1. The summed E-state index contributed by atoms with van der Waals surface area (Å²) in [5, 5.41) is 13.1. The molecule has 0 unspecified atom stereocenters. The van der Waals surface area contributed by atoms with Crippen LogP contribution in [0.4, 0.5) is 0 Å². The molecule has 20 heavy (non-hydrogen) atoms. The Morgan fingerprint density at radius 3 is 3.00 bits per heavy atom. The SMILES string of the molecule is Cn1cnc(C(=O)NCc2cc(/C=C/C(=O)O)cs2)c1. The molecule has 1 amide bonds. The standard InChI is InChI=1S/C13H13N3O3S/c1-16-6-11(15-8-16)13(19)14-5-10-4-9(7-20-10)2-3-12(17)18/h2-4,6-8H,5H2,1H3,(H,14,19)(H,17,18)/b3-2+.